The van der Waals surface area contributed by atoms with Crippen molar-refractivity contribution in [3.8, 4) is 0 Å². The zero-order valence-corrected chi connectivity index (χ0v) is 12.4. The maximum absolute atomic E-state index is 6.12. The predicted octanol–water partition coefficient (Wildman–Crippen LogP) is 1.07. The number of halogens is 2. The standard InChI is InChI=1S/C12H22N2O2.2ClH/c1-3-13-4-2-12(1)9-11(10-16-12)14-5-7-15-8-6-14;;/h11,13H,1-10H2;2*1H. The number of hydrogen-bond donors (Lipinski definition) is 1. The summed E-state index contributed by atoms with van der Waals surface area (Å²) in [7, 11) is 0. The van der Waals surface area contributed by atoms with E-state index in [0.717, 1.165) is 46.0 Å². The normalized spacial score (nSPS) is 31.7. The van der Waals surface area contributed by atoms with Crippen molar-refractivity contribution in [2.45, 2.75) is 30.9 Å². The van der Waals surface area contributed by atoms with Gasteiger partial charge in [-0.2, -0.15) is 0 Å². The Morgan fingerprint density at radius 2 is 1.72 bits per heavy atom. The van der Waals surface area contributed by atoms with Gasteiger partial charge in [0.05, 0.1) is 25.4 Å². The van der Waals surface area contributed by atoms with Crippen molar-refractivity contribution in [1.29, 1.82) is 0 Å². The number of hydrogen-bond acceptors (Lipinski definition) is 4. The third kappa shape index (κ3) is 3.50. The van der Waals surface area contributed by atoms with Gasteiger partial charge < -0.3 is 14.8 Å². The second-order valence-corrected chi connectivity index (χ2v) is 5.25. The molecular formula is C12H24Cl2N2O2. The number of nitrogens with zero attached hydrogens (tertiary/aromatic N) is 1. The monoisotopic (exact) mass is 298 g/mol. The summed E-state index contributed by atoms with van der Waals surface area (Å²) in [5.41, 5.74) is 0.203. The third-order valence-corrected chi connectivity index (χ3v) is 4.27. The zero-order valence-electron chi connectivity index (χ0n) is 10.7. The molecule has 1 unspecified atom stereocenters. The predicted molar refractivity (Wildman–Crippen MR) is 76.1 cm³/mol. The summed E-state index contributed by atoms with van der Waals surface area (Å²) in [6.45, 7) is 7.13. The van der Waals surface area contributed by atoms with E-state index >= 15 is 0 Å². The van der Waals surface area contributed by atoms with E-state index in [2.05, 4.69) is 10.2 Å². The zero-order chi connectivity index (χ0) is 10.8. The number of nitrogens with one attached hydrogen (secondary N) is 1. The van der Waals surface area contributed by atoms with E-state index in [1.165, 1.54) is 19.3 Å². The average molecular weight is 299 g/mol. The minimum Gasteiger partial charge on any atom is -0.379 e. The summed E-state index contributed by atoms with van der Waals surface area (Å²) in [6, 6.07) is 0.641. The lowest BCUT2D eigenvalue weighted by atomic mass is 9.88. The van der Waals surface area contributed by atoms with Gasteiger partial charge in [-0.05, 0) is 32.4 Å². The Kier molecular flexibility index (Phi) is 6.65. The van der Waals surface area contributed by atoms with Gasteiger partial charge in [0.15, 0.2) is 0 Å². The topological polar surface area (TPSA) is 33.7 Å². The lowest BCUT2D eigenvalue weighted by Crippen LogP contribution is -2.46. The minimum absolute atomic E-state index is 0. The van der Waals surface area contributed by atoms with Gasteiger partial charge in [-0.3, -0.25) is 4.90 Å². The molecule has 3 heterocycles. The Bertz CT molecular complexity index is 244. The van der Waals surface area contributed by atoms with Crippen molar-refractivity contribution in [2.75, 3.05) is 46.0 Å². The van der Waals surface area contributed by atoms with E-state index in [0.29, 0.717) is 6.04 Å². The molecule has 0 aromatic heterocycles. The number of ether oxygens (including phenoxy) is 2. The molecule has 1 atom stereocenters. The summed E-state index contributed by atoms with van der Waals surface area (Å²) in [6.07, 6.45) is 3.61. The highest BCUT2D eigenvalue weighted by molar-refractivity contribution is 5.85. The van der Waals surface area contributed by atoms with Crippen LogP contribution in [0.15, 0.2) is 0 Å². The SMILES string of the molecule is C1CC2(CCN1)CC(N1CCOCC1)CO2.Cl.Cl. The third-order valence-electron chi connectivity index (χ3n) is 4.27. The molecule has 1 N–H and O–H groups in total. The van der Waals surface area contributed by atoms with Crippen LogP contribution in [0.1, 0.15) is 19.3 Å². The van der Waals surface area contributed by atoms with Gasteiger partial charge in [-0.15, -0.1) is 24.8 Å². The highest BCUT2D eigenvalue weighted by Gasteiger charge is 2.43. The lowest BCUT2D eigenvalue weighted by Gasteiger charge is -2.35. The van der Waals surface area contributed by atoms with E-state index in [1.54, 1.807) is 0 Å². The molecule has 4 nitrogen and oxygen atoms in total. The number of rotatable bonds is 1. The van der Waals surface area contributed by atoms with Gasteiger partial charge in [0.25, 0.3) is 0 Å². The van der Waals surface area contributed by atoms with Crippen LogP contribution in [0.25, 0.3) is 0 Å². The second kappa shape index (κ2) is 7.27. The fourth-order valence-electron chi connectivity index (χ4n) is 3.23. The molecule has 6 heteroatoms. The molecule has 3 fully saturated rings. The first-order valence-electron chi connectivity index (χ1n) is 6.55. The van der Waals surface area contributed by atoms with Crippen molar-refractivity contribution in [3.63, 3.8) is 0 Å². The van der Waals surface area contributed by atoms with Gasteiger partial charge in [0.2, 0.25) is 0 Å². The van der Waals surface area contributed by atoms with Gasteiger partial charge in [0.1, 0.15) is 0 Å². The quantitative estimate of drug-likeness (QED) is 0.785. The Hall–Kier alpha value is 0.420. The number of morpholine rings is 1. The van der Waals surface area contributed by atoms with Crippen LogP contribution in [-0.2, 0) is 9.47 Å². The van der Waals surface area contributed by atoms with Crippen LogP contribution in [-0.4, -0.2) is 62.5 Å². The summed E-state index contributed by atoms with van der Waals surface area (Å²) in [5, 5.41) is 3.42. The molecule has 0 aliphatic carbocycles. The second-order valence-electron chi connectivity index (χ2n) is 5.25. The summed E-state index contributed by atoms with van der Waals surface area (Å²) in [5.74, 6) is 0. The van der Waals surface area contributed by atoms with E-state index in [4.69, 9.17) is 9.47 Å². The van der Waals surface area contributed by atoms with E-state index < -0.39 is 0 Å². The Labute approximate surface area is 122 Å². The van der Waals surface area contributed by atoms with Crippen LogP contribution in [0.5, 0.6) is 0 Å². The van der Waals surface area contributed by atoms with Crippen LogP contribution in [0, 0.1) is 0 Å². The van der Waals surface area contributed by atoms with Crippen LogP contribution >= 0.6 is 24.8 Å². The minimum atomic E-state index is 0. The van der Waals surface area contributed by atoms with Crippen LogP contribution < -0.4 is 5.32 Å². The summed E-state index contributed by atoms with van der Waals surface area (Å²) in [4.78, 5) is 2.56. The van der Waals surface area contributed by atoms with Crippen molar-refractivity contribution < 1.29 is 9.47 Å². The molecule has 3 saturated heterocycles. The molecule has 3 aliphatic heterocycles. The van der Waals surface area contributed by atoms with Gasteiger partial charge >= 0.3 is 0 Å². The van der Waals surface area contributed by atoms with E-state index in [-0.39, 0.29) is 30.4 Å². The van der Waals surface area contributed by atoms with Gasteiger partial charge in [-0.25, -0.2) is 0 Å². The van der Waals surface area contributed by atoms with E-state index in [1.807, 2.05) is 0 Å². The molecule has 0 aromatic rings. The Balaban J connectivity index is 0.000000810. The average Bonchev–Trinajstić information content (AvgIpc) is 2.75. The maximum atomic E-state index is 6.12. The molecule has 0 bridgehead atoms. The first-order chi connectivity index (χ1) is 7.88. The molecule has 0 saturated carbocycles. The molecule has 18 heavy (non-hydrogen) atoms. The summed E-state index contributed by atoms with van der Waals surface area (Å²) < 4.78 is 11.5. The first kappa shape index (κ1) is 16.5. The van der Waals surface area contributed by atoms with Crippen molar-refractivity contribution in [1.82, 2.24) is 10.2 Å². The first-order valence-corrected chi connectivity index (χ1v) is 6.55. The smallest absolute Gasteiger partial charge is 0.0723 e. The molecule has 0 radical (unpaired) electrons. The summed E-state index contributed by atoms with van der Waals surface area (Å²) >= 11 is 0. The fourth-order valence-corrected chi connectivity index (χ4v) is 3.23. The van der Waals surface area contributed by atoms with Crippen LogP contribution in [0.2, 0.25) is 0 Å². The highest BCUT2D eigenvalue weighted by Crippen LogP contribution is 2.36. The molecule has 0 amide bonds. The van der Waals surface area contributed by atoms with E-state index in [9.17, 15) is 0 Å². The maximum Gasteiger partial charge on any atom is 0.0723 e. The van der Waals surface area contributed by atoms with Gasteiger partial charge in [-0.1, -0.05) is 0 Å². The Morgan fingerprint density at radius 1 is 1.06 bits per heavy atom. The van der Waals surface area contributed by atoms with Crippen molar-refractivity contribution in [3.05, 3.63) is 0 Å². The molecule has 3 rings (SSSR count). The van der Waals surface area contributed by atoms with Crippen LogP contribution in [0.3, 0.4) is 0 Å². The fraction of sp³-hybridized carbons (Fsp3) is 1.00. The molecule has 3 aliphatic rings. The van der Waals surface area contributed by atoms with Crippen LogP contribution in [0.4, 0.5) is 0 Å². The van der Waals surface area contributed by atoms with Gasteiger partial charge in [0, 0.05) is 19.1 Å². The molecule has 108 valence electrons. The molecule has 0 aromatic carbocycles. The van der Waals surface area contributed by atoms with Crippen molar-refractivity contribution in [2.24, 2.45) is 0 Å². The Morgan fingerprint density at radius 3 is 2.39 bits per heavy atom. The largest absolute Gasteiger partial charge is 0.379 e. The lowest BCUT2D eigenvalue weighted by molar-refractivity contribution is -0.0221. The van der Waals surface area contributed by atoms with Crippen molar-refractivity contribution >= 4 is 24.8 Å². The molecule has 1 spiro atoms. The highest BCUT2D eigenvalue weighted by atomic mass is 35.5. The number of piperidine rings is 1. The molecular weight excluding hydrogens is 275 g/mol.